The van der Waals surface area contributed by atoms with Crippen LogP contribution in [0.15, 0.2) is 24.3 Å². The average molecular weight is 300 g/mol. The molecule has 0 atom stereocenters. The number of rotatable bonds is 7. The molecule has 0 saturated heterocycles. The lowest BCUT2D eigenvalue weighted by atomic mass is 10.2. The molecule has 0 spiro atoms. The Morgan fingerprint density at radius 1 is 1.35 bits per heavy atom. The Labute approximate surface area is 117 Å². The summed E-state index contributed by atoms with van der Waals surface area (Å²) >= 11 is 0. The van der Waals surface area contributed by atoms with Crippen LogP contribution in [-0.4, -0.2) is 45.2 Å². The molecule has 1 N–H and O–H groups in total. The SMILES string of the molecule is COc1ccc(/C=C/C(=O)O)cc1OCCS(C)(=O)=O. The Bertz CT molecular complexity index is 603. The molecule has 0 unspecified atom stereocenters. The quantitative estimate of drug-likeness (QED) is 0.761. The van der Waals surface area contributed by atoms with Crippen LogP contribution in [0.1, 0.15) is 5.56 Å². The van der Waals surface area contributed by atoms with Gasteiger partial charge in [-0.15, -0.1) is 0 Å². The van der Waals surface area contributed by atoms with Gasteiger partial charge in [0, 0.05) is 12.3 Å². The molecule has 0 aromatic heterocycles. The maximum atomic E-state index is 11.0. The van der Waals surface area contributed by atoms with Crippen molar-refractivity contribution in [1.29, 1.82) is 0 Å². The van der Waals surface area contributed by atoms with E-state index in [4.69, 9.17) is 14.6 Å². The first kappa shape index (κ1) is 16.0. The van der Waals surface area contributed by atoms with Crippen LogP contribution >= 0.6 is 0 Å². The Morgan fingerprint density at radius 2 is 2.05 bits per heavy atom. The fourth-order valence-electron chi connectivity index (χ4n) is 1.38. The maximum Gasteiger partial charge on any atom is 0.328 e. The van der Waals surface area contributed by atoms with Crippen molar-refractivity contribution < 1.29 is 27.8 Å². The van der Waals surface area contributed by atoms with Gasteiger partial charge in [-0.3, -0.25) is 0 Å². The first-order valence-corrected chi connectivity index (χ1v) is 7.77. The second-order valence-corrected chi connectivity index (χ2v) is 6.32. The number of hydrogen-bond acceptors (Lipinski definition) is 5. The fourth-order valence-corrected chi connectivity index (χ4v) is 1.77. The molecule has 1 aromatic carbocycles. The van der Waals surface area contributed by atoms with Crippen LogP contribution in [0.25, 0.3) is 6.08 Å². The molecule has 0 bridgehead atoms. The summed E-state index contributed by atoms with van der Waals surface area (Å²) in [6.45, 7) is 0.00128. The van der Waals surface area contributed by atoms with E-state index in [0.29, 0.717) is 17.1 Å². The predicted molar refractivity (Wildman–Crippen MR) is 74.9 cm³/mol. The number of benzene rings is 1. The number of ether oxygens (including phenoxy) is 2. The molecule has 0 aliphatic carbocycles. The molecule has 110 valence electrons. The van der Waals surface area contributed by atoms with E-state index in [1.807, 2.05) is 0 Å². The van der Waals surface area contributed by atoms with E-state index in [9.17, 15) is 13.2 Å². The molecule has 0 aliphatic rings. The topological polar surface area (TPSA) is 89.9 Å². The summed E-state index contributed by atoms with van der Waals surface area (Å²) < 4.78 is 32.5. The van der Waals surface area contributed by atoms with Crippen LogP contribution in [-0.2, 0) is 14.6 Å². The molecule has 20 heavy (non-hydrogen) atoms. The molecule has 7 heteroatoms. The Kier molecular flexibility index (Phi) is 5.57. The Hall–Kier alpha value is -2.02. The van der Waals surface area contributed by atoms with Crippen molar-refractivity contribution in [3.05, 3.63) is 29.8 Å². The lowest BCUT2D eigenvalue weighted by Crippen LogP contribution is -2.12. The summed E-state index contributed by atoms with van der Waals surface area (Å²) in [7, 11) is -1.64. The van der Waals surface area contributed by atoms with E-state index in [1.165, 1.54) is 13.2 Å². The zero-order chi connectivity index (χ0) is 15.2. The normalized spacial score (nSPS) is 11.5. The molecule has 0 radical (unpaired) electrons. The van der Waals surface area contributed by atoms with E-state index >= 15 is 0 Å². The van der Waals surface area contributed by atoms with Crippen molar-refractivity contribution in [2.75, 3.05) is 25.7 Å². The highest BCUT2D eigenvalue weighted by molar-refractivity contribution is 7.90. The van der Waals surface area contributed by atoms with Crippen LogP contribution in [0.4, 0.5) is 0 Å². The van der Waals surface area contributed by atoms with Crippen LogP contribution in [0.2, 0.25) is 0 Å². The van der Waals surface area contributed by atoms with Gasteiger partial charge < -0.3 is 14.6 Å². The van der Waals surface area contributed by atoms with Crippen LogP contribution in [0.3, 0.4) is 0 Å². The molecular formula is C13H16O6S. The minimum Gasteiger partial charge on any atom is -0.493 e. The third-order valence-electron chi connectivity index (χ3n) is 2.32. The zero-order valence-electron chi connectivity index (χ0n) is 11.2. The number of carboxylic acid groups (broad SMARTS) is 1. The number of methoxy groups -OCH3 is 1. The molecule has 6 nitrogen and oxygen atoms in total. The number of sulfone groups is 1. The van der Waals surface area contributed by atoms with Gasteiger partial charge in [-0.05, 0) is 23.8 Å². The van der Waals surface area contributed by atoms with Crippen molar-refractivity contribution in [2.45, 2.75) is 0 Å². The van der Waals surface area contributed by atoms with Crippen LogP contribution in [0.5, 0.6) is 11.5 Å². The summed E-state index contributed by atoms with van der Waals surface area (Å²) in [4.78, 5) is 10.5. The highest BCUT2D eigenvalue weighted by atomic mass is 32.2. The molecule has 1 rings (SSSR count). The van der Waals surface area contributed by atoms with Gasteiger partial charge in [0.1, 0.15) is 6.61 Å². The van der Waals surface area contributed by atoms with Gasteiger partial charge in [-0.25, -0.2) is 13.2 Å². The lowest BCUT2D eigenvalue weighted by molar-refractivity contribution is -0.131. The van der Waals surface area contributed by atoms with E-state index in [0.717, 1.165) is 12.3 Å². The highest BCUT2D eigenvalue weighted by Gasteiger charge is 2.07. The van der Waals surface area contributed by atoms with Gasteiger partial charge in [0.15, 0.2) is 21.3 Å². The smallest absolute Gasteiger partial charge is 0.328 e. The van der Waals surface area contributed by atoms with Crippen LogP contribution < -0.4 is 9.47 Å². The minimum atomic E-state index is -3.10. The van der Waals surface area contributed by atoms with Gasteiger partial charge in [-0.1, -0.05) is 6.07 Å². The summed E-state index contributed by atoms with van der Waals surface area (Å²) in [6.07, 6.45) is 3.53. The third-order valence-corrected chi connectivity index (χ3v) is 3.23. The van der Waals surface area contributed by atoms with E-state index < -0.39 is 15.8 Å². The third kappa shape index (κ3) is 5.75. The van der Waals surface area contributed by atoms with Crippen molar-refractivity contribution in [3.8, 4) is 11.5 Å². The highest BCUT2D eigenvalue weighted by Crippen LogP contribution is 2.28. The average Bonchev–Trinajstić information content (AvgIpc) is 2.35. The fraction of sp³-hybridized carbons (Fsp3) is 0.308. The molecular weight excluding hydrogens is 284 g/mol. The second-order valence-electron chi connectivity index (χ2n) is 4.06. The number of carboxylic acids is 1. The summed E-state index contributed by atoms with van der Waals surface area (Å²) in [5, 5.41) is 8.57. The molecule has 0 heterocycles. The summed E-state index contributed by atoms with van der Waals surface area (Å²) in [5.74, 6) is -0.347. The van der Waals surface area contributed by atoms with Crippen molar-refractivity contribution in [1.82, 2.24) is 0 Å². The first-order chi connectivity index (χ1) is 9.31. The number of hydrogen-bond donors (Lipinski definition) is 1. The maximum absolute atomic E-state index is 11.0. The second kappa shape index (κ2) is 6.95. The summed E-state index contributed by atoms with van der Waals surface area (Å²) in [6, 6.07) is 4.87. The molecule has 1 aromatic rings. The first-order valence-electron chi connectivity index (χ1n) is 5.71. The van der Waals surface area contributed by atoms with Gasteiger partial charge in [-0.2, -0.15) is 0 Å². The van der Waals surface area contributed by atoms with E-state index in [2.05, 4.69) is 0 Å². The van der Waals surface area contributed by atoms with Gasteiger partial charge in [0.2, 0.25) is 0 Å². The number of carbonyl (C=O) groups is 1. The van der Waals surface area contributed by atoms with E-state index in [1.54, 1.807) is 18.2 Å². The van der Waals surface area contributed by atoms with Crippen LogP contribution in [0, 0.1) is 0 Å². The predicted octanol–water partition coefficient (Wildman–Crippen LogP) is 1.22. The summed E-state index contributed by atoms with van der Waals surface area (Å²) in [5.41, 5.74) is 0.613. The molecule has 0 amide bonds. The van der Waals surface area contributed by atoms with Crippen molar-refractivity contribution in [3.63, 3.8) is 0 Å². The largest absolute Gasteiger partial charge is 0.493 e. The lowest BCUT2D eigenvalue weighted by Gasteiger charge is -2.11. The Morgan fingerprint density at radius 3 is 2.60 bits per heavy atom. The molecule has 0 saturated carbocycles. The van der Waals surface area contributed by atoms with Crippen molar-refractivity contribution >= 4 is 21.9 Å². The standard InChI is InChI=1S/C13H16O6S/c1-18-11-5-3-10(4-6-13(14)15)9-12(11)19-7-8-20(2,16)17/h3-6,9H,7-8H2,1-2H3,(H,14,15)/b6-4+. The van der Waals surface area contributed by atoms with Gasteiger partial charge in [0.05, 0.1) is 12.9 Å². The van der Waals surface area contributed by atoms with Gasteiger partial charge >= 0.3 is 5.97 Å². The molecule has 0 aliphatic heterocycles. The van der Waals surface area contributed by atoms with E-state index in [-0.39, 0.29) is 12.4 Å². The van der Waals surface area contributed by atoms with Gasteiger partial charge in [0.25, 0.3) is 0 Å². The minimum absolute atomic E-state index is 0.00128. The number of aliphatic carboxylic acids is 1. The van der Waals surface area contributed by atoms with Crippen molar-refractivity contribution in [2.24, 2.45) is 0 Å². The monoisotopic (exact) mass is 300 g/mol. The zero-order valence-corrected chi connectivity index (χ0v) is 12.0. The Balaban J connectivity index is 2.86. The molecule has 0 fully saturated rings.